The Morgan fingerprint density at radius 3 is 3.00 bits per heavy atom. The minimum atomic E-state index is 0.0743. The van der Waals surface area contributed by atoms with Crippen molar-refractivity contribution in [2.24, 2.45) is 0 Å². The zero-order valence-corrected chi connectivity index (χ0v) is 12.0. The van der Waals surface area contributed by atoms with E-state index in [9.17, 15) is 4.79 Å². The summed E-state index contributed by atoms with van der Waals surface area (Å²) < 4.78 is 6.42. The Morgan fingerprint density at radius 1 is 1.33 bits per heavy atom. The van der Waals surface area contributed by atoms with Crippen molar-refractivity contribution in [2.75, 3.05) is 6.61 Å². The average Bonchev–Trinajstić information content (AvgIpc) is 2.83. The van der Waals surface area contributed by atoms with Gasteiger partial charge in [-0.2, -0.15) is 0 Å². The number of fused-ring (bicyclic) bond motifs is 1. The van der Waals surface area contributed by atoms with Crippen molar-refractivity contribution in [1.82, 2.24) is 0 Å². The van der Waals surface area contributed by atoms with E-state index < -0.39 is 0 Å². The van der Waals surface area contributed by atoms with Crippen LogP contribution < -0.4 is 4.74 Å². The lowest BCUT2D eigenvalue weighted by Crippen LogP contribution is -2.09. The zero-order chi connectivity index (χ0) is 12.5. The SMILES string of the molecule is O=C(c1ccc2c(c1)CCCO2)c1sccc1Br. The number of ketones is 1. The lowest BCUT2D eigenvalue weighted by molar-refractivity contribution is 0.104. The fourth-order valence-corrected chi connectivity index (χ4v) is 3.60. The van der Waals surface area contributed by atoms with E-state index >= 15 is 0 Å². The number of carbonyl (C=O) groups excluding carboxylic acids is 1. The van der Waals surface area contributed by atoms with Crippen LogP contribution in [0.25, 0.3) is 0 Å². The molecule has 1 aromatic carbocycles. The number of aryl methyl sites for hydroxylation is 1. The molecule has 0 saturated carbocycles. The van der Waals surface area contributed by atoms with E-state index in [1.54, 1.807) is 0 Å². The third-order valence-corrected chi connectivity index (χ3v) is 4.83. The molecular formula is C14H11BrO2S. The fourth-order valence-electron chi connectivity index (χ4n) is 2.09. The van der Waals surface area contributed by atoms with Crippen LogP contribution in [0.4, 0.5) is 0 Å². The van der Waals surface area contributed by atoms with Crippen LogP contribution in [0.3, 0.4) is 0 Å². The van der Waals surface area contributed by atoms with Crippen LogP contribution in [0.1, 0.15) is 27.2 Å². The molecule has 92 valence electrons. The van der Waals surface area contributed by atoms with Gasteiger partial charge in [-0.15, -0.1) is 11.3 Å². The number of hydrogen-bond donors (Lipinski definition) is 0. The van der Waals surface area contributed by atoms with Crippen LogP contribution in [0, 0.1) is 0 Å². The van der Waals surface area contributed by atoms with Crippen LogP contribution in [-0.4, -0.2) is 12.4 Å². The van der Waals surface area contributed by atoms with Gasteiger partial charge in [0.2, 0.25) is 5.78 Å². The molecule has 0 spiro atoms. The minimum Gasteiger partial charge on any atom is -0.493 e. The van der Waals surface area contributed by atoms with Crippen molar-refractivity contribution in [3.05, 3.63) is 50.1 Å². The largest absolute Gasteiger partial charge is 0.493 e. The molecule has 2 heterocycles. The Bertz CT molecular complexity index is 604. The summed E-state index contributed by atoms with van der Waals surface area (Å²) in [5.74, 6) is 0.994. The van der Waals surface area contributed by atoms with Crippen LogP contribution in [0.15, 0.2) is 34.1 Å². The van der Waals surface area contributed by atoms with Gasteiger partial charge < -0.3 is 4.74 Å². The summed E-state index contributed by atoms with van der Waals surface area (Å²) in [4.78, 5) is 13.1. The highest BCUT2D eigenvalue weighted by atomic mass is 79.9. The summed E-state index contributed by atoms with van der Waals surface area (Å²) >= 11 is 4.87. The molecule has 0 aliphatic carbocycles. The number of halogens is 1. The van der Waals surface area contributed by atoms with Crippen molar-refractivity contribution < 1.29 is 9.53 Å². The van der Waals surface area contributed by atoms with E-state index in [0.717, 1.165) is 45.7 Å². The Balaban J connectivity index is 1.98. The predicted molar refractivity (Wildman–Crippen MR) is 75.7 cm³/mol. The molecule has 0 radical (unpaired) electrons. The van der Waals surface area contributed by atoms with E-state index in [1.165, 1.54) is 11.3 Å². The van der Waals surface area contributed by atoms with Gasteiger partial charge in [0.15, 0.2) is 0 Å². The molecule has 2 aromatic rings. The molecule has 1 aliphatic rings. The van der Waals surface area contributed by atoms with Crippen LogP contribution in [-0.2, 0) is 6.42 Å². The average molecular weight is 323 g/mol. The van der Waals surface area contributed by atoms with E-state index in [0.29, 0.717) is 0 Å². The quantitative estimate of drug-likeness (QED) is 0.779. The molecule has 0 fully saturated rings. The smallest absolute Gasteiger partial charge is 0.204 e. The highest BCUT2D eigenvalue weighted by Gasteiger charge is 2.17. The Kier molecular flexibility index (Phi) is 3.22. The normalized spacial score (nSPS) is 13.8. The molecule has 0 saturated heterocycles. The highest BCUT2D eigenvalue weighted by Crippen LogP contribution is 2.29. The highest BCUT2D eigenvalue weighted by molar-refractivity contribution is 9.10. The van der Waals surface area contributed by atoms with E-state index in [2.05, 4.69) is 15.9 Å². The van der Waals surface area contributed by atoms with Crippen molar-refractivity contribution >= 4 is 33.0 Å². The van der Waals surface area contributed by atoms with Crippen LogP contribution in [0.2, 0.25) is 0 Å². The van der Waals surface area contributed by atoms with Gasteiger partial charge >= 0.3 is 0 Å². The maximum Gasteiger partial charge on any atom is 0.204 e. The zero-order valence-electron chi connectivity index (χ0n) is 9.61. The molecule has 1 aliphatic heterocycles. The summed E-state index contributed by atoms with van der Waals surface area (Å²) in [5.41, 5.74) is 1.88. The van der Waals surface area contributed by atoms with Crippen molar-refractivity contribution in [3.8, 4) is 5.75 Å². The number of carbonyl (C=O) groups is 1. The molecule has 18 heavy (non-hydrogen) atoms. The number of rotatable bonds is 2. The first-order chi connectivity index (χ1) is 8.75. The van der Waals surface area contributed by atoms with Crippen LogP contribution in [0.5, 0.6) is 5.75 Å². The van der Waals surface area contributed by atoms with E-state index in [4.69, 9.17) is 4.74 Å². The van der Waals surface area contributed by atoms with Crippen LogP contribution >= 0.6 is 27.3 Å². The second-order valence-corrected chi connectivity index (χ2v) is 5.97. The molecule has 0 amide bonds. The number of ether oxygens (including phenoxy) is 1. The molecule has 0 atom stereocenters. The van der Waals surface area contributed by atoms with Gasteiger partial charge in [0, 0.05) is 10.0 Å². The molecule has 0 unspecified atom stereocenters. The summed E-state index contributed by atoms with van der Waals surface area (Å²) in [6.45, 7) is 0.775. The summed E-state index contributed by atoms with van der Waals surface area (Å²) in [5, 5.41) is 1.92. The Labute approximate surface area is 118 Å². The van der Waals surface area contributed by atoms with Gasteiger partial charge in [-0.1, -0.05) is 0 Å². The first-order valence-electron chi connectivity index (χ1n) is 5.79. The standard InChI is InChI=1S/C14H11BrO2S/c15-11-5-7-18-14(11)13(16)10-3-4-12-9(8-10)2-1-6-17-12/h3-5,7-8H,1-2,6H2. The Hall–Kier alpha value is -1.13. The van der Waals surface area contributed by atoms with Crippen molar-refractivity contribution in [3.63, 3.8) is 0 Å². The van der Waals surface area contributed by atoms with Gasteiger partial charge in [0.25, 0.3) is 0 Å². The second kappa shape index (κ2) is 4.86. The molecule has 0 N–H and O–H groups in total. The monoisotopic (exact) mass is 322 g/mol. The van der Waals surface area contributed by atoms with E-state index in [-0.39, 0.29) is 5.78 Å². The summed E-state index contributed by atoms with van der Waals surface area (Å²) in [6.07, 6.45) is 2.01. The number of thiophene rings is 1. The van der Waals surface area contributed by atoms with Gasteiger partial charge in [0.05, 0.1) is 11.5 Å². The minimum absolute atomic E-state index is 0.0743. The molecule has 0 bridgehead atoms. The molecule has 2 nitrogen and oxygen atoms in total. The molecule has 4 heteroatoms. The topological polar surface area (TPSA) is 26.3 Å². The summed E-state index contributed by atoms with van der Waals surface area (Å²) in [6, 6.07) is 7.62. The van der Waals surface area contributed by atoms with Crippen molar-refractivity contribution in [1.29, 1.82) is 0 Å². The maximum atomic E-state index is 12.4. The first-order valence-corrected chi connectivity index (χ1v) is 7.46. The molecule has 3 rings (SSSR count). The van der Waals surface area contributed by atoms with Gasteiger partial charge in [0.1, 0.15) is 5.75 Å². The van der Waals surface area contributed by atoms with Crippen molar-refractivity contribution in [2.45, 2.75) is 12.8 Å². The molecule has 1 aromatic heterocycles. The first kappa shape index (κ1) is 11.9. The number of benzene rings is 1. The van der Waals surface area contributed by atoms with Gasteiger partial charge in [-0.25, -0.2) is 0 Å². The lowest BCUT2D eigenvalue weighted by atomic mass is 10.0. The van der Waals surface area contributed by atoms with Gasteiger partial charge in [-0.3, -0.25) is 4.79 Å². The predicted octanol–water partition coefficient (Wildman–Crippen LogP) is 4.07. The number of hydrogen-bond acceptors (Lipinski definition) is 3. The fraction of sp³-hybridized carbons (Fsp3) is 0.214. The third-order valence-electron chi connectivity index (χ3n) is 2.99. The van der Waals surface area contributed by atoms with Gasteiger partial charge in [-0.05, 0) is 64.0 Å². The second-order valence-electron chi connectivity index (χ2n) is 4.20. The maximum absolute atomic E-state index is 12.4. The lowest BCUT2D eigenvalue weighted by Gasteiger charge is -2.17. The van der Waals surface area contributed by atoms with E-state index in [1.807, 2.05) is 29.6 Å². The molecular weight excluding hydrogens is 312 g/mol. The Morgan fingerprint density at radius 2 is 2.22 bits per heavy atom. The summed E-state index contributed by atoms with van der Waals surface area (Å²) in [7, 11) is 0. The third kappa shape index (κ3) is 2.10.